The van der Waals surface area contributed by atoms with E-state index in [2.05, 4.69) is 0 Å². The Morgan fingerprint density at radius 3 is 2.50 bits per heavy atom. The number of carbonyl (C=O) groups excluding carboxylic acids is 4. The van der Waals surface area contributed by atoms with Gasteiger partial charge in [0.25, 0.3) is 0 Å². The third-order valence-corrected chi connectivity index (χ3v) is 9.30. The molecule has 0 aliphatic heterocycles. The van der Waals surface area contributed by atoms with Gasteiger partial charge in [-0.25, -0.2) is 4.79 Å². The molecule has 0 heterocycles. The molecule has 0 amide bonds. The van der Waals surface area contributed by atoms with Gasteiger partial charge in [-0.2, -0.15) is 13.2 Å². The molecule has 10 heteroatoms. The molecule has 0 aromatic rings. The van der Waals surface area contributed by atoms with E-state index in [1.165, 1.54) is 12.2 Å². The number of halogens is 3. The molecule has 0 aromatic heterocycles. The summed E-state index contributed by atoms with van der Waals surface area (Å²) in [6, 6.07) is 0. The maximum Gasteiger partial charge on any atom is 0.490 e. The second-order valence-electron chi connectivity index (χ2n) is 11.2. The van der Waals surface area contributed by atoms with Crippen LogP contribution in [0.4, 0.5) is 13.2 Å². The van der Waals surface area contributed by atoms with Crippen LogP contribution < -0.4 is 0 Å². The number of allylic oxidation sites excluding steroid dienone is 4. The van der Waals surface area contributed by atoms with Crippen molar-refractivity contribution >= 4 is 23.5 Å². The maximum absolute atomic E-state index is 13.3. The summed E-state index contributed by atoms with van der Waals surface area (Å²) in [5.74, 6) is -5.17. The lowest BCUT2D eigenvalue weighted by atomic mass is 9.44. The standard InChI is InChI=1S/C26H31F3O7/c1-13-9-16-17-6-8-25(34,20(32)12-35-14(2)30)24(17,4)11-19(36-22(33)26(27,28)29)21(16)23(3)7-5-15(31)10-18(13)23/h5,7,10,13,16-17,19,21,34H,6,8-9,11-12H2,1-4H3/t13?,16-,17-,19?,21+,23-,24-,25-/m0/s1. The van der Waals surface area contributed by atoms with Crippen LogP contribution in [-0.2, 0) is 28.7 Å². The maximum atomic E-state index is 13.3. The van der Waals surface area contributed by atoms with Gasteiger partial charge in [0.2, 0.25) is 5.78 Å². The summed E-state index contributed by atoms with van der Waals surface area (Å²) in [4.78, 5) is 48.5. The van der Waals surface area contributed by atoms with Gasteiger partial charge >= 0.3 is 18.1 Å². The van der Waals surface area contributed by atoms with Gasteiger partial charge in [-0.15, -0.1) is 0 Å². The van der Waals surface area contributed by atoms with Gasteiger partial charge in [0, 0.05) is 23.7 Å². The number of ketones is 2. The molecule has 198 valence electrons. The lowest BCUT2D eigenvalue weighted by molar-refractivity contribution is -0.225. The van der Waals surface area contributed by atoms with E-state index in [4.69, 9.17) is 9.47 Å². The zero-order valence-corrected chi connectivity index (χ0v) is 20.7. The van der Waals surface area contributed by atoms with Gasteiger partial charge in [-0.05, 0) is 55.6 Å². The Labute approximate surface area is 207 Å². The van der Waals surface area contributed by atoms with E-state index in [9.17, 15) is 37.5 Å². The first-order valence-electron chi connectivity index (χ1n) is 12.2. The zero-order valence-electron chi connectivity index (χ0n) is 20.7. The Bertz CT molecular complexity index is 1060. The van der Waals surface area contributed by atoms with Crippen molar-refractivity contribution in [1.82, 2.24) is 0 Å². The number of esters is 2. The first-order valence-corrected chi connectivity index (χ1v) is 12.2. The Morgan fingerprint density at radius 1 is 1.22 bits per heavy atom. The molecule has 36 heavy (non-hydrogen) atoms. The molecule has 0 radical (unpaired) electrons. The minimum atomic E-state index is -5.22. The summed E-state index contributed by atoms with van der Waals surface area (Å²) in [6.45, 7) is 5.92. The summed E-state index contributed by atoms with van der Waals surface area (Å²) >= 11 is 0. The molecule has 4 aliphatic carbocycles. The van der Waals surface area contributed by atoms with Crippen LogP contribution in [0.5, 0.6) is 0 Å². The average molecular weight is 513 g/mol. The molecule has 4 rings (SSSR count). The normalized spacial score (nSPS) is 41.5. The number of ether oxygens (including phenoxy) is 2. The highest BCUT2D eigenvalue weighted by molar-refractivity contribution is 6.01. The summed E-state index contributed by atoms with van der Waals surface area (Å²) in [5.41, 5.74) is -3.23. The van der Waals surface area contributed by atoms with Crippen LogP contribution in [0.3, 0.4) is 0 Å². The van der Waals surface area contributed by atoms with Crippen molar-refractivity contribution in [3.8, 4) is 0 Å². The fraction of sp³-hybridized carbons (Fsp3) is 0.692. The number of fused-ring (bicyclic) bond motifs is 5. The third kappa shape index (κ3) is 3.92. The largest absolute Gasteiger partial charge is 0.490 e. The van der Waals surface area contributed by atoms with Crippen LogP contribution in [0.2, 0.25) is 0 Å². The topological polar surface area (TPSA) is 107 Å². The molecule has 3 saturated carbocycles. The van der Waals surface area contributed by atoms with Crippen molar-refractivity contribution in [3.05, 3.63) is 23.8 Å². The van der Waals surface area contributed by atoms with E-state index in [0.29, 0.717) is 12.8 Å². The fourth-order valence-electron chi connectivity index (χ4n) is 7.78. The van der Waals surface area contributed by atoms with Crippen LogP contribution in [0.15, 0.2) is 23.8 Å². The van der Waals surface area contributed by atoms with Crippen LogP contribution in [0, 0.1) is 34.5 Å². The Kier molecular flexibility index (Phi) is 6.30. The summed E-state index contributed by atoms with van der Waals surface area (Å²) in [5, 5.41) is 11.7. The Hall–Kier alpha value is -2.49. The molecule has 8 atom stereocenters. The van der Waals surface area contributed by atoms with Gasteiger partial charge in [-0.1, -0.05) is 32.4 Å². The second kappa shape index (κ2) is 8.53. The van der Waals surface area contributed by atoms with E-state index >= 15 is 0 Å². The van der Waals surface area contributed by atoms with Crippen molar-refractivity contribution in [1.29, 1.82) is 0 Å². The van der Waals surface area contributed by atoms with E-state index in [-0.39, 0.29) is 36.4 Å². The van der Waals surface area contributed by atoms with Crippen molar-refractivity contribution < 1.29 is 46.9 Å². The van der Waals surface area contributed by atoms with Gasteiger partial charge in [0.05, 0.1) is 0 Å². The van der Waals surface area contributed by atoms with Gasteiger partial charge in [0.1, 0.15) is 11.7 Å². The molecule has 0 aromatic carbocycles. The van der Waals surface area contributed by atoms with E-state index in [1.807, 2.05) is 13.8 Å². The Balaban J connectivity index is 1.79. The third-order valence-electron chi connectivity index (χ3n) is 9.30. The highest BCUT2D eigenvalue weighted by Crippen LogP contribution is 2.68. The van der Waals surface area contributed by atoms with Crippen LogP contribution in [0.1, 0.15) is 53.4 Å². The highest BCUT2D eigenvalue weighted by atomic mass is 19.4. The number of aliphatic hydroxyl groups is 1. The highest BCUT2D eigenvalue weighted by Gasteiger charge is 2.69. The first kappa shape index (κ1) is 26.6. The molecular weight excluding hydrogens is 481 g/mol. The molecule has 0 bridgehead atoms. The summed E-state index contributed by atoms with van der Waals surface area (Å²) < 4.78 is 49.8. The van der Waals surface area contributed by atoms with Crippen LogP contribution >= 0.6 is 0 Å². The quantitative estimate of drug-likeness (QED) is 0.575. The molecule has 0 spiro atoms. The van der Waals surface area contributed by atoms with Gasteiger partial charge in [0.15, 0.2) is 12.4 Å². The summed E-state index contributed by atoms with van der Waals surface area (Å²) in [6.07, 6.45) is -1.07. The SMILES string of the molecule is CC(=O)OCC(=O)[C@@]1(O)CC[C@H]2[C@@H]3CC(C)C4=CC(=O)C=C[C@]4(C)[C@H]3C(OC(=O)C(F)(F)F)C[C@@]21C. The zero-order chi connectivity index (χ0) is 26.8. The molecule has 7 nitrogen and oxygen atoms in total. The van der Waals surface area contributed by atoms with Crippen LogP contribution in [-0.4, -0.2) is 53.1 Å². The van der Waals surface area contributed by atoms with E-state index in [0.717, 1.165) is 12.5 Å². The molecule has 3 fully saturated rings. The molecule has 1 N–H and O–H groups in total. The average Bonchev–Trinajstić information content (AvgIpc) is 3.04. The van der Waals surface area contributed by atoms with E-state index < -0.39 is 59.0 Å². The first-order chi connectivity index (χ1) is 16.5. The predicted octanol–water partition coefficient (Wildman–Crippen LogP) is 3.49. The van der Waals surface area contributed by atoms with Crippen molar-refractivity contribution in [2.75, 3.05) is 6.61 Å². The number of alkyl halides is 3. The smallest absolute Gasteiger partial charge is 0.458 e. The number of Topliss-reactive ketones (excluding diaryl/α,β-unsaturated/α-hetero) is 1. The lowest BCUT2D eigenvalue weighted by Crippen LogP contribution is -2.63. The minimum Gasteiger partial charge on any atom is -0.458 e. The van der Waals surface area contributed by atoms with Crippen LogP contribution in [0.25, 0.3) is 0 Å². The van der Waals surface area contributed by atoms with Gasteiger partial charge in [-0.3, -0.25) is 14.4 Å². The Morgan fingerprint density at radius 2 is 1.89 bits per heavy atom. The number of carbonyl (C=O) groups is 4. The predicted molar refractivity (Wildman–Crippen MR) is 119 cm³/mol. The molecule has 4 aliphatic rings. The van der Waals surface area contributed by atoms with Gasteiger partial charge < -0.3 is 14.6 Å². The van der Waals surface area contributed by atoms with Crippen molar-refractivity contribution in [3.63, 3.8) is 0 Å². The van der Waals surface area contributed by atoms with Crippen molar-refractivity contribution in [2.24, 2.45) is 34.5 Å². The summed E-state index contributed by atoms with van der Waals surface area (Å²) in [7, 11) is 0. The number of hydrogen-bond acceptors (Lipinski definition) is 7. The second-order valence-corrected chi connectivity index (χ2v) is 11.2. The monoisotopic (exact) mass is 512 g/mol. The fourth-order valence-corrected chi connectivity index (χ4v) is 7.78. The molecule has 0 saturated heterocycles. The number of hydrogen-bond donors (Lipinski definition) is 1. The lowest BCUT2D eigenvalue weighted by Gasteiger charge is -2.61. The molecular formula is C26H31F3O7. The number of rotatable bonds is 4. The molecule has 2 unspecified atom stereocenters. The van der Waals surface area contributed by atoms with E-state index in [1.54, 1.807) is 13.0 Å². The van der Waals surface area contributed by atoms with Crippen molar-refractivity contribution in [2.45, 2.75) is 71.3 Å². The minimum absolute atomic E-state index is 0.0551.